The Hall–Kier alpha value is -1.30. The molecule has 0 aliphatic carbocycles. The van der Waals surface area contributed by atoms with E-state index in [4.69, 9.17) is 9.47 Å². The van der Waals surface area contributed by atoms with Crippen LogP contribution in [-0.4, -0.2) is 55.3 Å². The van der Waals surface area contributed by atoms with E-state index >= 15 is 0 Å². The molecule has 0 aromatic carbocycles. The molecule has 0 radical (unpaired) electrons. The van der Waals surface area contributed by atoms with Gasteiger partial charge < -0.3 is 19.7 Å². The lowest BCUT2D eigenvalue weighted by Crippen LogP contribution is -2.44. The molecule has 0 rings (SSSR count). The predicted octanol–water partition coefficient (Wildman–Crippen LogP) is 2.17. The standard InChI is InChI=1S/C15H30N2O4/c1-7-10-17(14(19)21-15(3,4)5)11-9-16-12(8-2)13(18)20-6/h12,16H,7-11H2,1-6H3. The van der Waals surface area contributed by atoms with Crippen LogP contribution >= 0.6 is 0 Å². The molecule has 0 heterocycles. The van der Waals surface area contributed by atoms with E-state index in [2.05, 4.69) is 5.32 Å². The normalized spacial score (nSPS) is 12.7. The Bertz CT molecular complexity index is 326. The number of carbonyl (C=O) groups excluding carboxylic acids is 2. The number of methoxy groups -OCH3 is 1. The molecule has 21 heavy (non-hydrogen) atoms. The number of hydrogen-bond donors (Lipinski definition) is 1. The van der Waals surface area contributed by atoms with Crippen molar-refractivity contribution in [2.75, 3.05) is 26.7 Å². The first-order valence-electron chi connectivity index (χ1n) is 7.54. The van der Waals surface area contributed by atoms with Crippen molar-refractivity contribution >= 4 is 12.1 Å². The molecule has 0 bridgehead atoms. The molecule has 0 saturated heterocycles. The lowest BCUT2D eigenvalue weighted by molar-refractivity contribution is -0.143. The molecule has 6 nitrogen and oxygen atoms in total. The van der Waals surface area contributed by atoms with Gasteiger partial charge in [0.05, 0.1) is 7.11 Å². The highest BCUT2D eigenvalue weighted by Crippen LogP contribution is 2.10. The van der Waals surface area contributed by atoms with Crippen LogP contribution in [0, 0.1) is 0 Å². The predicted molar refractivity (Wildman–Crippen MR) is 82.2 cm³/mol. The van der Waals surface area contributed by atoms with Gasteiger partial charge in [0, 0.05) is 19.6 Å². The van der Waals surface area contributed by atoms with E-state index in [-0.39, 0.29) is 18.1 Å². The number of ether oxygens (including phenoxy) is 2. The van der Waals surface area contributed by atoms with Crippen molar-refractivity contribution in [3.63, 3.8) is 0 Å². The second kappa shape index (κ2) is 9.60. The second-order valence-corrected chi connectivity index (χ2v) is 5.91. The van der Waals surface area contributed by atoms with Crippen molar-refractivity contribution in [3.05, 3.63) is 0 Å². The summed E-state index contributed by atoms with van der Waals surface area (Å²) >= 11 is 0. The van der Waals surface area contributed by atoms with Gasteiger partial charge in [-0.2, -0.15) is 0 Å². The Morgan fingerprint density at radius 2 is 1.81 bits per heavy atom. The Balaban J connectivity index is 4.38. The van der Waals surface area contributed by atoms with Crippen molar-refractivity contribution in [1.82, 2.24) is 10.2 Å². The van der Waals surface area contributed by atoms with Gasteiger partial charge in [0.25, 0.3) is 0 Å². The molecule has 1 N–H and O–H groups in total. The van der Waals surface area contributed by atoms with E-state index in [9.17, 15) is 9.59 Å². The highest BCUT2D eigenvalue weighted by molar-refractivity contribution is 5.75. The van der Waals surface area contributed by atoms with Gasteiger partial charge in [-0.1, -0.05) is 13.8 Å². The number of nitrogens with one attached hydrogen (secondary N) is 1. The number of hydrogen-bond acceptors (Lipinski definition) is 5. The van der Waals surface area contributed by atoms with Crippen molar-refractivity contribution in [1.29, 1.82) is 0 Å². The molecule has 6 heteroatoms. The first kappa shape index (κ1) is 19.7. The fourth-order valence-electron chi connectivity index (χ4n) is 1.80. The minimum Gasteiger partial charge on any atom is -0.468 e. The van der Waals surface area contributed by atoms with E-state index in [1.165, 1.54) is 7.11 Å². The number of esters is 1. The molecule has 0 aromatic heterocycles. The molecule has 1 unspecified atom stereocenters. The summed E-state index contributed by atoms with van der Waals surface area (Å²) in [4.78, 5) is 25.2. The van der Waals surface area contributed by atoms with E-state index in [1.807, 2.05) is 34.6 Å². The van der Waals surface area contributed by atoms with Crippen LogP contribution in [0.2, 0.25) is 0 Å². The Kier molecular flexibility index (Phi) is 9.01. The van der Waals surface area contributed by atoms with Crippen LogP contribution in [0.1, 0.15) is 47.5 Å². The number of amides is 1. The number of rotatable bonds is 8. The molecular formula is C15H30N2O4. The molecule has 1 atom stereocenters. The summed E-state index contributed by atoms with van der Waals surface area (Å²) in [6, 6.07) is -0.336. The van der Waals surface area contributed by atoms with Crippen LogP contribution in [0.3, 0.4) is 0 Å². The summed E-state index contributed by atoms with van der Waals surface area (Å²) in [5.74, 6) is -0.281. The average molecular weight is 302 g/mol. The molecule has 0 fully saturated rings. The third-order valence-electron chi connectivity index (χ3n) is 2.81. The fraction of sp³-hybridized carbons (Fsp3) is 0.867. The lowest BCUT2D eigenvalue weighted by atomic mass is 10.2. The zero-order valence-electron chi connectivity index (χ0n) is 14.2. The fourth-order valence-corrected chi connectivity index (χ4v) is 1.80. The van der Waals surface area contributed by atoms with Crippen LogP contribution in [0.15, 0.2) is 0 Å². The molecular weight excluding hydrogens is 272 g/mol. The summed E-state index contributed by atoms with van der Waals surface area (Å²) in [5.41, 5.74) is -0.505. The summed E-state index contributed by atoms with van der Waals surface area (Å²) in [6.45, 7) is 11.1. The Labute approximate surface area is 128 Å². The Morgan fingerprint density at radius 1 is 1.19 bits per heavy atom. The summed E-state index contributed by atoms with van der Waals surface area (Å²) < 4.78 is 10.1. The lowest BCUT2D eigenvalue weighted by Gasteiger charge is -2.27. The molecule has 124 valence electrons. The summed E-state index contributed by atoms with van der Waals surface area (Å²) in [5, 5.41) is 3.10. The molecule has 0 saturated carbocycles. The molecule has 1 amide bonds. The topological polar surface area (TPSA) is 67.9 Å². The maximum absolute atomic E-state index is 12.1. The smallest absolute Gasteiger partial charge is 0.410 e. The van der Waals surface area contributed by atoms with E-state index < -0.39 is 5.60 Å². The van der Waals surface area contributed by atoms with Gasteiger partial charge in [-0.05, 0) is 33.6 Å². The van der Waals surface area contributed by atoms with Gasteiger partial charge in [0.1, 0.15) is 11.6 Å². The van der Waals surface area contributed by atoms with Crippen molar-refractivity contribution in [2.24, 2.45) is 0 Å². The SMILES string of the molecule is CCCN(CCNC(CC)C(=O)OC)C(=O)OC(C)(C)C. The van der Waals surface area contributed by atoms with Gasteiger partial charge in [-0.3, -0.25) is 4.79 Å². The first-order valence-corrected chi connectivity index (χ1v) is 7.54. The molecule has 0 aliphatic rings. The third kappa shape index (κ3) is 8.55. The van der Waals surface area contributed by atoms with Crippen molar-refractivity contribution < 1.29 is 19.1 Å². The van der Waals surface area contributed by atoms with E-state index in [0.29, 0.717) is 26.1 Å². The Morgan fingerprint density at radius 3 is 2.24 bits per heavy atom. The number of nitrogens with zero attached hydrogens (tertiary/aromatic N) is 1. The molecule has 0 aliphatic heterocycles. The monoisotopic (exact) mass is 302 g/mol. The summed E-state index contributed by atoms with van der Waals surface area (Å²) in [6.07, 6.45) is 1.18. The van der Waals surface area contributed by atoms with Crippen LogP contribution in [0.25, 0.3) is 0 Å². The summed E-state index contributed by atoms with van der Waals surface area (Å²) in [7, 11) is 1.37. The maximum Gasteiger partial charge on any atom is 0.410 e. The molecule has 0 spiro atoms. The molecule has 0 aromatic rings. The van der Waals surface area contributed by atoms with Crippen LogP contribution in [-0.2, 0) is 14.3 Å². The van der Waals surface area contributed by atoms with Crippen molar-refractivity contribution in [2.45, 2.75) is 59.1 Å². The minimum absolute atomic E-state index is 0.281. The van der Waals surface area contributed by atoms with E-state index in [1.54, 1.807) is 4.90 Å². The quantitative estimate of drug-likeness (QED) is 0.696. The van der Waals surface area contributed by atoms with Gasteiger partial charge in [-0.15, -0.1) is 0 Å². The minimum atomic E-state index is -0.505. The van der Waals surface area contributed by atoms with Crippen LogP contribution in [0.4, 0.5) is 4.79 Å². The van der Waals surface area contributed by atoms with Crippen LogP contribution < -0.4 is 5.32 Å². The number of carbonyl (C=O) groups is 2. The van der Waals surface area contributed by atoms with Gasteiger partial charge in [0.2, 0.25) is 0 Å². The van der Waals surface area contributed by atoms with Crippen molar-refractivity contribution in [3.8, 4) is 0 Å². The van der Waals surface area contributed by atoms with Crippen LogP contribution in [0.5, 0.6) is 0 Å². The van der Waals surface area contributed by atoms with Gasteiger partial charge >= 0.3 is 12.1 Å². The average Bonchev–Trinajstić information content (AvgIpc) is 2.39. The van der Waals surface area contributed by atoms with E-state index in [0.717, 1.165) is 6.42 Å². The zero-order chi connectivity index (χ0) is 16.5. The van der Waals surface area contributed by atoms with Gasteiger partial charge in [0.15, 0.2) is 0 Å². The zero-order valence-corrected chi connectivity index (χ0v) is 14.2. The second-order valence-electron chi connectivity index (χ2n) is 5.91. The largest absolute Gasteiger partial charge is 0.468 e. The highest BCUT2D eigenvalue weighted by Gasteiger charge is 2.22. The highest BCUT2D eigenvalue weighted by atomic mass is 16.6. The maximum atomic E-state index is 12.1. The first-order chi connectivity index (χ1) is 9.75. The third-order valence-corrected chi connectivity index (χ3v) is 2.81. The van der Waals surface area contributed by atoms with Gasteiger partial charge in [-0.25, -0.2) is 4.79 Å².